The van der Waals surface area contributed by atoms with Crippen molar-refractivity contribution in [1.82, 2.24) is 19.9 Å². The Morgan fingerprint density at radius 1 is 1.14 bits per heavy atom. The molecule has 9 heteroatoms. The normalized spacial score (nSPS) is 20.0. The van der Waals surface area contributed by atoms with Crippen molar-refractivity contribution in [2.45, 2.75) is 39.2 Å². The van der Waals surface area contributed by atoms with Gasteiger partial charge in [0.2, 0.25) is 0 Å². The molecular formula is C20H28ClN7O. The van der Waals surface area contributed by atoms with Crippen molar-refractivity contribution in [1.29, 1.82) is 0 Å². The monoisotopic (exact) mass is 417 g/mol. The van der Waals surface area contributed by atoms with E-state index in [0.717, 1.165) is 81.7 Å². The topological polar surface area (TPSA) is 79.3 Å². The lowest BCUT2D eigenvalue weighted by Crippen LogP contribution is -2.43. The summed E-state index contributed by atoms with van der Waals surface area (Å²) >= 11 is 6.34. The quantitative estimate of drug-likeness (QED) is 0.744. The molecule has 156 valence electrons. The Labute approximate surface area is 176 Å². The maximum absolute atomic E-state index is 6.34. The van der Waals surface area contributed by atoms with Crippen molar-refractivity contribution in [3.05, 3.63) is 28.9 Å². The average Bonchev–Trinajstić information content (AvgIpc) is 2.74. The fraction of sp³-hybridized carbons (Fsp3) is 0.600. The molecule has 0 amide bonds. The highest BCUT2D eigenvalue weighted by atomic mass is 35.5. The second-order valence-corrected chi connectivity index (χ2v) is 7.86. The molecule has 1 N–H and O–H groups in total. The van der Waals surface area contributed by atoms with Crippen molar-refractivity contribution in [3.63, 3.8) is 0 Å². The third-order valence-electron chi connectivity index (χ3n) is 5.48. The SMILES string of the molecule is CCc1c(Cl)nc(C)nc1NC1CCCN(c2cc(N3CCOCC3)ncn2)C1. The zero-order valence-corrected chi connectivity index (χ0v) is 17.8. The molecule has 2 aromatic rings. The second kappa shape index (κ2) is 9.09. The molecule has 2 aliphatic heterocycles. The first kappa shape index (κ1) is 20.1. The van der Waals surface area contributed by atoms with Crippen molar-refractivity contribution >= 4 is 29.1 Å². The summed E-state index contributed by atoms with van der Waals surface area (Å²) in [6, 6.07) is 2.37. The minimum Gasteiger partial charge on any atom is -0.378 e. The van der Waals surface area contributed by atoms with Crippen LogP contribution in [-0.2, 0) is 11.2 Å². The first-order chi connectivity index (χ1) is 14.1. The minimum atomic E-state index is 0.279. The van der Waals surface area contributed by atoms with Gasteiger partial charge in [-0.2, -0.15) is 0 Å². The van der Waals surface area contributed by atoms with E-state index in [9.17, 15) is 0 Å². The molecule has 1 atom stereocenters. The second-order valence-electron chi connectivity index (χ2n) is 7.51. The molecule has 0 aliphatic carbocycles. The number of nitrogens with one attached hydrogen (secondary N) is 1. The van der Waals surface area contributed by atoms with Gasteiger partial charge in [-0.3, -0.25) is 0 Å². The standard InChI is InChI=1S/C20H28ClN7O/c1-3-16-19(21)24-14(2)25-20(16)26-15-5-4-6-28(12-15)18-11-17(22-13-23-18)27-7-9-29-10-8-27/h11,13,15H,3-10,12H2,1-2H3,(H,24,25,26). The summed E-state index contributed by atoms with van der Waals surface area (Å²) < 4.78 is 5.45. The molecule has 0 saturated carbocycles. The largest absolute Gasteiger partial charge is 0.378 e. The Balaban J connectivity index is 1.48. The van der Waals surface area contributed by atoms with Gasteiger partial charge in [0, 0.05) is 43.9 Å². The molecule has 2 aliphatic rings. The molecule has 0 bridgehead atoms. The van der Waals surface area contributed by atoms with E-state index in [-0.39, 0.29) is 6.04 Å². The summed E-state index contributed by atoms with van der Waals surface area (Å²) in [6.45, 7) is 9.03. The summed E-state index contributed by atoms with van der Waals surface area (Å²) in [4.78, 5) is 22.5. The van der Waals surface area contributed by atoms with Crippen LogP contribution in [0.2, 0.25) is 5.15 Å². The number of morpholine rings is 1. The van der Waals surface area contributed by atoms with E-state index >= 15 is 0 Å². The number of nitrogens with zero attached hydrogens (tertiary/aromatic N) is 6. The first-order valence-corrected chi connectivity index (χ1v) is 10.7. The predicted octanol–water partition coefficient (Wildman–Crippen LogP) is 2.71. The maximum Gasteiger partial charge on any atom is 0.138 e. The number of ether oxygens (including phenoxy) is 1. The van der Waals surface area contributed by atoms with E-state index in [1.165, 1.54) is 0 Å². The lowest BCUT2D eigenvalue weighted by molar-refractivity contribution is 0.122. The zero-order valence-electron chi connectivity index (χ0n) is 17.1. The summed E-state index contributed by atoms with van der Waals surface area (Å²) in [5.41, 5.74) is 0.978. The molecule has 0 spiro atoms. The number of anilines is 3. The molecule has 2 aromatic heterocycles. The van der Waals surface area contributed by atoms with Gasteiger partial charge in [-0.25, -0.2) is 19.9 Å². The van der Waals surface area contributed by atoms with Gasteiger partial charge in [-0.15, -0.1) is 0 Å². The summed E-state index contributed by atoms with van der Waals surface area (Å²) in [5.74, 6) is 3.49. The molecular weight excluding hydrogens is 390 g/mol. The molecule has 29 heavy (non-hydrogen) atoms. The summed E-state index contributed by atoms with van der Waals surface area (Å²) in [7, 11) is 0. The highest BCUT2D eigenvalue weighted by molar-refractivity contribution is 6.30. The number of piperidine rings is 1. The van der Waals surface area contributed by atoms with Gasteiger partial charge in [-0.1, -0.05) is 18.5 Å². The molecule has 0 aromatic carbocycles. The molecule has 2 saturated heterocycles. The van der Waals surface area contributed by atoms with Crippen LogP contribution in [0.5, 0.6) is 0 Å². The fourth-order valence-electron chi connectivity index (χ4n) is 3.97. The van der Waals surface area contributed by atoms with Gasteiger partial charge in [0.15, 0.2) is 0 Å². The van der Waals surface area contributed by atoms with Crippen LogP contribution < -0.4 is 15.1 Å². The third-order valence-corrected chi connectivity index (χ3v) is 5.79. The Morgan fingerprint density at radius 2 is 1.90 bits per heavy atom. The van der Waals surface area contributed by atoms with Crippen LogP contribution in [0.4, 0.5) is 17.5 Å². The Hall–Kier alpha value is -2.19. The molecule has 8 nitrogen and oxygen atoms in total. The third kappa shape index (κ3) is 4.70. The van der Waals surface area contributed by atoms with E-state index < -0.39 is 0 Å². The summed E-state index contributed by atoms with van der Waals surface area (Å²) in [6.07, 6.45) is 4.64. The van der Waals surface area contributed by atoms with Crippen molar-refractivity contribution in [2.24, 2.45) is 0 Å². The highest BCUT2D eigenvalue weighted by Crippen LogP contribution is 2.26. The van der Waals surface area contributed by atoms with E-state index in [1.807, 2.05) is 6.92 Å². The summed E-state index contributed by atoms with van der Waals surface area (Å²) in [5, 5.41) is 4.15. The van der Waals surface area contributed by atoms with Crippen LogP contribution in [0.1, 0.15) is 31.2 Å². The van der Waals surface area contributed by atoms with Gasteiger partial charge in [0.05, 0.1) is 13.2 Å². The molecule has 2 fully saturated rings. The van der Waals surface area contributed by atoms with Gasteiger partial charge >= 0.3 is 0 Å². The number of aromatic nitrogens is 4. The van der Waals surface area contributed by atoms with E-state index in [2.05, 4.69) is 48.0 Å². The van der Waals surface area contributed by atoms with Crippen LogP contribution in [0, 0.1) is 6.92 Å². The number of hydrogen-bond acceptors (Lipinski definition) is 8. The van der Waals surface area contributed by atoms with Crippen LogP contribution in [-0.4, -0.2) is 65.4 Å². The molecule has 4 heterocycles. The number of rotatable bonds is 5. The van der Waals surface area contributed by atoms with Crippen LogP contribution in [0.3, 0.4) is 0 Å². The Kier molecular flexibility index (Phi) is 6.30. The van der Waals surface area contributed by atoms with Crippen LogP contribution >= 0.6 is 11.6 Å². The van der Waals surface area contributed by atoms with Gasteiger partial charge in [-0.05, 0) is 26.2 Å². The number of hydrogen-bond donors (Lipinski definition) is 1. The number of halogens is 1. The van der Waals surface area contributed by atoms with E-state index in [1.54, 1.807) is 6.33 Å². The fourth-order valence-corrected chi connectivity index (χ4v) is 4.31. The smallest absolute Gasteiger partial charge is 0.138 e. The van der Waals surface area contributed by atoms with Gasteiger partial charge < -0.3 is 19.9 Å². The Morgan fingerprint density at radius 3 is 2.66 bits per heavy atom. The van der Waals surface area contributed by atoms with Crippen molar-refractivity contribution in [3.8, 4) is 0 Å². The number of aryl methyl sites for hydroxylation is 1. The minimum absolute atomic E-state index is 0.279. The van der Waals surface area contributed by atoms with Crippen LogP contribution in [0.15, 0.2) is 12.4 Å². The van der Waals surface area contributed by atoms with Crippen LogP contribution in [0.25, 0.3) is 0 Å². The van der Waals surface area contributed by atoms with Crippen molar-refractivity contribution in [2.75, 3.05) is 54.5 Å². The van der Waals surface area contributed by atoms with Gasteiger partial charge in [0.25, 0.3) is 0 Å². The molecule has 0 radical (unpaired) electrons. The highest BCUT2D eigenvalue weighted by Gasteiger charge is 2.24. The molecule has 4 rings (SSSR count). The van der Waals surface area contributed by atoms with E-state index in [4.69, 9.17) is 16.3 Å². The first-order valence-electron chi connectivity index (χ1n) is 10.3. The molecule has 1 unspecified atom stereocenters. The maximum atomic E-state index is 6.34. The zero-order chi connectivity index (χ0) is 20.2. The lowest BCUT2D eigenvalue weighted by atomic mass is 10.1. The van der Waals surface area contributed by atoms with E-state index in [0.29, 0.717) is 11.0 Å². The average molecular weight is 418 g/mol. The lowest BCUT2D eigenvalue weighted by Gasteiger charge is -2.35. The van der Waals surface area contributed by atoms with Gasteiger partial charge in [0.1, 0.15) is 34.8 Å². The Bertz CT molecular complexity index is 844. The van der Waals surface area contributed by atoms with Crippen molar-refractivity contribution < 1.29 is 4.74 Å². The predicted molar refractivity (Wildman–Crippen MR) is 115 cm³/mol.